The van der Waals surface area contributed by atoms with Crippen molar-refractivity contribution < 1.29 is 14.7 Å². The molecule has 0 saturated carbocycles. The molecule has 1 heterocycles. The first-order valence-corrected chi connectivity index (χ1v) is 8.99. The predicted molar refractivity (Wildman–Crippen MR) is 93.9 cm³/mol. The maximum Gasteiger partial charge on any atom is 0.267 e. The molecule has 5 heteroatoms. The second-order valence-electron chi connectivity index (χ2n) is 5.61. The number of amides is 2. The minimum atomic E-state index is -0.222. The van der Waals surface area contributed by atoms with Gasteiger partial charge in [-0.15, -0.1) is 11.8 Å². The van der Waals surface area contributed by atoms with Crippen LogP contribution in [-0.2, 0) is 9.59 Å². The minimum absolute atomic E-state index is 0.0212. The molecule has 0 atom stereocenters. The van der Waals surface area contributed by atoms with Gasteiger partial charge >= 0.3 is 0 Å². The largest absolute Gasteiger partial charge is 0.396 e. The Balaban J connectivity index is 2.31. The molecule has 0 spiro atoms. The first-order valence-electron chi connectivity index (χ1n) is 8.01. The van der Waals surface area contributed by atoms with Crippen LogP contribution in [0, 0.1) is 6.92 Å². The first kappa shape index (κ1) is 17.8. The molecule has 1 aliphatic rings. The third kappa shape index (κ3) is 4.03. The lowest BCUT2D eigenvalue weighted by Gasteiger charge is -2.14. The van der Waals surface area contributed by atoms with E-state index in [2.05, 4.69) is 6.92 Å². The van der Waals surface area contributed by atoms with Crippen LogP contribution in [-0.4, -0.2) is 40.7 Å². The monoisotopic (exact) mass is 333 g/mol. The average Bonchev–Trinajstić information content (AvgIpc) is 2.78. The van der Waals surface area contributed by atoms with Crippen LogP contribution in [0.1, 0.15) is 37.3 Å². The maximum absolute atomic E-state index is 12.7. The molecular formula is C18H23NO3S. The first-order chi connectivity index (χ1) is 11.1. The van der Waals surface area contributed by atoms with E-state index in [1.165, 1.54) is 16.7 Å². The van der Waals surface area contributed by atoms with Crippen molar-refractivity contribution in [2.45, 2.75) is 33.1 Å². The van der Waals surface area contributed by atoms with Crippen molar-refractivity contribution in [1.29, 1.82) is 0 Å². The molecule has 2 amide bonds. The number of nitrogens with zero attached hydrogens (tertiary/aromatic N) is 1. The number of thioether (sulfide) groups is 1. The third-order valence-electron chi connectivity index (χ3n) is 3.79. The summed E-state index contributed by atoms with van der Waals surface area (Å²) in [7, 11) is 0. The number of carbonyl (C=O) groups excluding carboxylic acids is 2. The fourth-order valence-electron chi connectivity index (χ4n) is 2.53. The van der Waals surface area contributed by atoms with E-state index in [1.54, 1.807) is 0 Å². The van der Waals surface area contributed by atoms with Crippen LogP contribution in [0.5, 0.6) is 0 Å². The van der Waals surface area contributed by atoms with E-state index in [1.807, 2.05) is 31.2 Å². The molecular weight excluding hydrogens is 310 g/mol. The lowest BCUT2D eigenvalue weighted by molar-refractivity contribution is -0.136. The van der Waals surface area contributed by atoms with Crippen molar-refractivity contribution in [3.63, 3.8) is 0 Å². The van der Waals surface area contributed by atoms with Crippen LogP contribution in [0.3, 0.4) is 0 Å². The van der Waals surface area contributed by atoms with Crippen LogP contribution in [0.4, 0.5) is 0 Å². The number of carbonyl (C=O) groups is 2. The van der Waals surface area contributed by atoms with E-state index in [0.717, 1.165) is 30.4 Å². The number of unbranched alkanes of at least 4 members (excludes halogenated alkanes) is 2. The van der Waals surface area contributed by atoms with Gasteiger partial charge < -0.3 is 5.11 Å². The highest BCUT2D eigenvalue weighted by Gasteiger charge is 2.38. The van der Waals surface area contributed by atoms with Gasteiger partial charge in [0.1, 0.15) is 0 Å². The number of rotatable bonds is 8. The van der Waals surface area contributed by atoms with Crippen molar-refractivity contribution in [3.8, 4) is 0 Å². The van der Waals surface area contributed by atoms with Crippen molar-refractivity contribution in [2.24, 2.45) is 0 Å². The van der Waals surface area contributed by atoms with E-state index in [4.69, 9.17) is 5.11 Å². The van der Waals surface area contributed by atoms with Crippen molar-refractivity contribution in [2.75, 3.05) is 18.9 Å². The summed E-state index contributed by atoms with van der Waals surface area (Å²) in [5.41, 5.74) is 2.35. The fourth-order valence-corrected chi connectivity index (χ4v) is 3.41. The van der Waals surface area contributed by atoms with Gasteiger partial charge in [-0.2, -0.15) is 0 Å². The van der Waals surface area contributed by atoms with E-state index >= 15 is 0 Å². The quantitative estimate of drug-likeness (QED) is 0.587. The highest BCUT2D eigenvalue weighted by Crippen LogP contribution is 2.36. The van der Waals surface area contributed by atoms with Gasteiger partial charge in [-0.25, -0.2) is 0 Å². The molecule has 1 aromatic carbocycles. The van der Waals surface area contributed by atoms with Crippen molar-refractivity contribution in [3.05, 3.63) is 40.3 Å². The van der Waals surface area contributed by atoms with Gasteiger partial charge in [0, 0.05) is 12.3 Å². The fraction of sp³-hybridized carbons (Fsp3) is 0.444. The Hall–Kier alpha value is -1.59. The predicted octanol–water partition coefficient (Wildman–Crippen LogP) is 2.99. The molecule has 0 unspecified atom stereocenters. The van der Waals surface area contributed by atoms with Crippen LogP contribution in [0.15, 0.2) is 29.2 Å². The summed E-state index contributed by atoms with van der Waals surface area (Å²) >= 11 is 1.26. The normalized spacial score (nSPS) is 15.0. The SMILES string of the molecule is CCCCCN1C(=O)C(SCCO)=C(c2ccc(C)cc2)C1=O. The number of aliphatic hydroxyl groups is 1. The molecule has 0 bridgehead atoms. The second kappa shape index (κ2) is 8.31. The average molecular weight is 333 g/mol. The standard InChI is InChI=1S/C18H23NO3S/c1-3-4-5-10-19-17(21)15(14-8-6-13(2)7-9-14)16(18(19)22)23-12-11-20/h6-9,20H,3-5,10-12H2,1-2H3. The van der Waals surface area contributed by atoms with Crippen LogP contribution in [0.25, 0.3) is 5.57 Å². The highest BCUT2D eigenvalue weighted by atomic mass is 32.2. The van der Waals surface area contributed by atoms with E-state index in [0.29, 0.717) is 22.8 Å². The van der Waals surface area contributed by atoms with E-state index in [9.17, 15) is 9.59 Å². The highest BCUT2D eigenvalue weighted by molar-refractivity contribution is 8.04. The third-order valence-corrected chi connectivity index (χ3v) is 4.84. The lowest BCUT2D eigenvalue weighted by Crippen LogP contribution is -2.32. The minimum Gasteiger partial charge on any atom is -0.396 e. The molecule has 124 valence electrons. The zero-order valence-electron chi connectivity index (χ0n) is 13.7. The topological polar surface area (TPSA) is 57.6 Å². The van der Waals surface area contributed by atoms with Crippen LogP contribution in [0.2, 0.25) is 0 Å². The summed E-state index contributed by atoms with van der Waals surface area (Å²) < 4.78 is 0. The summed E-state index contributed by atoms with van der Waals surface area (Å²) in [6, 6.07) is 7.64. The molecule has 1 aliphatic heterocycles. The van der Waals surface area contributed by atoms with Gasteiger partial charge in [-0.1, -0.05) is 49.6 Å². The smallest absolute Gasteiger partial charge is 0.267 e. The number of benzene rings is 1. The van der Waals surface area contributed by atoms with Gasteiger partial charge in [-0.3, -0.25) is 14.5 Å². The molecule has 0 saturated heterocycles. The zero-order chi connectivity index (χ0) is 16.8. The second-order valence-corrected chi connectivity index (χ2v) is 6.72. The summed E-state index contributed by atoms with van der Waals surface area (Å²) in [5.74, 6) is -0.0255. The molecule has 1 N–H and O–H groups in total. The number of imide groups is 1. The van der Waals surface area contributed by atoms with Gasteiger partial charge in [0.15, 0.2) is 0 Å². The van der Waals surface area contributed by atoms with E-state index < -0.39 is 0 Å². The van der Waals surface area contributed by atoms with Gasteiger partial charge in [0.05, 0.1) is 17.1 Å². The molecule has 0 aliphatic carbocycles. The molecule has 4 nitrogen and oxygen atoms in total. The zero-order valence-corrected chi connectivity index (χ0v) is 14.5. The Morgan fingerprint density at radius 2 is 1.78 bits per heavy atom. The number of aliphatic hydroxyl groups excluding tert-OH is 1. The van der Waals surface area contributed by atoms with E-state index in [-0.39, 0.29) is 18.4 Å². The van der Waals surface area contributed by atoms with Gasteiger partial charge in [-0.05, 0) is 18.9 Å². The Bertz CT molecular complexity index is 607. The summed E-state index contributed by atoms with van der Waals surface area (Å²) in [4.78, 5) is 27.2. The molecule has 1 aromatic rings. The Morgan fingerprint density at radius 3 is 2.39 bits per heavy atom. The van der Waals surface area contributed by atoms with Crippen LogP contribution >= 0.6 is 11.8 Å². The maximum atomic E-state index is 12.7. The molecule has 0 aromatic heterocycles. The number of hydrogen-bond acceptors (Lipinski definition) is 4. The molecule has 2 rings (SSSR count). The van der Waals surface area contributed by atoms with Crippen LogP contribution < -0.4 is 0 Å². The Labute approximate surface area is 141 Å². The Morgan fingerprint density at radius 1 is 1.09 bits per heavy atom. The van der Waals surface area contributed by atoms with Gasteiger partial charge in [0.25, 0.3) is 11.8 Å². The summed E-state index contributed by atoms with van der Waals surface area (Å²) in [5, 5.41) is 9.06. The van der Waals surface area contributed by atoms with Crippen molar-refractivity contribution >= 4 is 29.1 Å². The van der Waals surface area contributed by atoms with Crippen molar-refractivity contribution in [1.82, 2.24) is 4.90 Å². The summed E-state index contributed by atoms with van der Waals surface area (Å²) in [6.07, 6.45) is 2.86. The summed E-state index contributed by atoms with van der Waals surface area (Å²) in [6.45, 7) is 4.51. The number of hydrogen-bond donors (Lipinski definition) is 1. The van der Waals surface area contributed by atoms with Gasteiger partial charge in [0.2, 0.25) is 0 Å². The molecule has 0 radical (unpaired) electrons. The number of aryl methyl sites for hydroxylation is 1. The molecule has 0 fully saturated rings. The Kier molecular flexibility index (Phi) is 6.42. The lowest BCUT2D eigenvalue weighted by atomic mass is 10.0. The molecule has 23 heavy (non-hydrogen) atoms.